The van der Waals surface area contributed by atoms with Crippen molar-refractivity contribution >= 4 is 35.9 Å². The van der Waals surface area contributed by atoms with Crippen LogP contribution in [-0.2, 0) is 11.2 Å². The third-order valence-corrected chi connectivity index (χ3v) is 3.61. The van der Waals surface area contributed by atoms with E-state index in [4.69, 9.17) is 39.7 Å². The van der Waals surface area contributed by atoms with E-state index in [1.165, 1.54) is 19.4 Å². The quantitative estimate of drug-likeness (QED) is 0.281. The molecule has 0 unspecified atom stereocenters. The molecule has 0 bridgehead atoms. The van der Waals surface area contributed by atoms with E-state index in [1.54, 1.807) is 12.1 Å². The number of aromatic amines is 2. The number of ether oxygens (including phenoxy) is 2. The Bertz CT molecular complexity index is 995. The number of halogens is 1. The molecule has 8 nitrogen and oxygen atoms in total. The lowest BCUT2D eigenvalue weighted by molar-refractivity contribution is -0.120. The number of hydrogen-bond donors (Lipinski definition) is 3. The molecule has 0 saturated heterocycles. The largest absolute Gasteiger partial charge is 0.493 e. The van der Waals surface area contributed by atoms with Gasteiger partial charge in [0, 0.05) is 11.8 Å². The molecule has 0 radical (unpaired) electrons. The minimum absolute atomic E-state index is 0.0465. The van der Waals surface area contributed by atoms with Gasteiger partial charge in [0.05, 0.1) is 24.8 Å². The number of rotatable bonds is 7. The summed E-state index contributed by atoms with van der Waals surface area (Å²) < 4.78 is 10.7. The minimum atomic E-state index is -0.436. The first-order valence-corrected chi connectivity index (χ1v) is 8.29. The maximum absolute atomic E-state index is 11.9. The molecule has 1 heterocycles. The molecule has 1 aromatic heterocycles. The zero-order valence-corrected chi connectivity index (χ0v) is 15.7. The predicted molar refractivity (Wildman–Crippen MR) is 104 cm³/mol. The van der Waals surface area contributed by atoms with Crippen molar-refractivity contribution < 1.29 is 14.3 Å². The molecule has 0 aliphatic heterocycles. The molecule has 1 amide bonds. The summed E-state index contributed by atoms with van der Waals surface area (Å²) in [4.78, 5) is 28.3. The summed E-state index contributed by atoms with van der Waals surface area (Å²) in [7, 11) is 1.46. The first-order chi connectivity index (χ1) is 12.9. The van der Waals surface area contributed by atoms with Gasteiger partial charge in [-0.2, -0.15) is 5.10 Å². The van der Waals surface area contributed by atoms with Gasteiger partial charge in [-0.1, -0.05) is 17.5 Å². The average molecular weight is 407 g/mol. The van der Waals surface area contributed by atoms with E-state index in [0.717, 1.165) is 0 Å². The minimum Gasteiger partial charge on any atom is -0.493 e. The first-order valence-electron chi connectivity index (χ1n) is 7.51. The number of nitrogens with one attached hydrogen (secondary N) is 3. The van der Waals surface area contributed by atoms with Gasteiger partial charge in [0.25, 0.3) is 5.56 Å². The fraction of sp³-hybridized carbons (Fsp3) is 0.176. The average Bonchev–Trinajstić information content (AvgIpc) is 2.59. The van der Waals surface area contributed by atoms with Crippen LogP contribution >= 0.6 is 23.8 Å². The number of terminal acetylenes is 1. The molecule has 2 aromatic rings. The third kappa shape index (κ3) is 5.99. The molecule has 0 atom stereocenters. The van der Waals surface area contributed by atoms with Crippen molar-refractivity contribution in [3.8, 4) is 23.8 Å². The van der Waals surface area contributed by atoms with Crippen LogP contribution in [-0.4, -0.2) is 35.8 Å². The Labute approximate surface area is 164 Å². The van der Waals surface area contributed by atoms with Crippen LogP contribution in [0, 0.1) is 17.1 Å². The van der Waals surface area contributed by atoms with E-state index in [-0.39, 0.29) is 28.4 Å². The van der Waals surface area contributed by atoms with Crippen LogP contribution < -0.4 is 20.5 Å². The SMILES string of the molecule is C#CCOc1c(Cl)cc(/C=N\NC(=O)Cc2cc(=O)[nH]c(=S)[nH]2)cc1OC. The summed E-state index contributed by atoms with van der Waals surface area (Å²) in [6, 6.07) is 4.46. The molecule has 0 saturated carbocycles. The molecule has 2 rings (SSSR count). The van der Waals surface area contributed by atoms with Crippen molar-refractivity contribution in [2.75, 3.05) is 13.7 Å². The van der Waals surface area contributed by atoms with Crippen molar-refractivity contribution in [3.63, 3.8) is 0 Å². The number of aromatic nitrogens is 2. The van der Waals surface area contributed by atoms with Crippen molar-refractivity contribution in [1.82, 2.24) is 15.4 Å². The highest BCUT2D eigenvalue weighted by Crippen LogP contribution is 2.35. The molecule has 0 spiro atoms. The number of hydrazone groups is 1. The molecular weight excluding hydrogens is 392 g/mol. The van der Waals surface area contributed by atoms with Gasteiger partial charge in [0.2, 0.25) is 5.91 Å². The number of carbonyl (C=O) groups is 1. The lowest BCUT2D eigenvalue weighted by atomic mass is 10.2. The normalized spacial score (nSPS) is 10.4. The van der Waals surface area contributed by atoms with Gasteiger partial charge < -0.3 is 14.5 Å². The Morgan fingerprint density at radius 2 is 2.22 bits per heavy atom. The predicted octanol–water partition coefficient (Wildman–Crippen LogP) is 1.80. The number of hydrogen-bond acceptors (Lipinski definition) is 6. The van der Waals surface area contributed by atoms with Crippen LogP contribution in [0.25, 0.3) is 0 Å². The maximum atomic E-state index is 11.9. The highest BCUT2D eigenvalue weighted by Gasteiger charge is 2.11. The van der Waals surface area contributed by atoms with Gasteiger partial charge in [-0.15, -0.1) is 6.42 Å². The summed E-state index contributed by atoms with van der Waals surface area (Å²) in [6.07, 6.45) is 6.46. The van der Waals surface area contributed by atoms with E-state index >= 15 is 0 Å². The lowest BCUT2D eigenvalue weighted by Crippen LogP contribution is -2.21. The number of methoxy groups -OCH3 is 1. The van der Waals surface area contributed by atoms with Crippen LogP contribution in [0.3, 0.4) is 0 Å². The molecule has 140 valence electrons. The number of H-pyrrole nitrogens is 2. The van der Waals surface area contributed by atoms with Crippen molar-refractivity contribution in [1.29, 1.82) is 0 Å². The van der Waals surface area contributed by atoms with Gasteiger partial charge in [-0.25, -0.2) is 5.43 Å². The second-order valence-electron chi connectivity index (χ2n) is 5.11. The zero-order chi connectivity index (χ0) is 19.8. The fourth-order valence-electron chi connectivity index (χ4n) is 2.07. The third-order valence-electron chi connectivity index (χ3n) is 3.12. The highest BCUT2D eigenvalue weighted by molar-refractivity contribution is 7.71. The Morgan fingerprint density at radius 3 is 2.89 bits per heavy atom. The Hall–Kier alpha value is -3.09. The smallest absolute Gasteiger partial charge is 0.251 e. The van der Waals surface area contributed by atoms with Gasteiger partial charge in [-0.3, -0.25) is 14.6 Å². The zero-order valence-electron chi connectivity index (χ0n) is 14.2. The summed E-state index contributed by atoms with van der Waals surface area (Å²) in [6.45, 7) is 0.0465. The number of benzene rings is 1. The highest BCUT2D eigenvalue weighted by atomic mass is 35.5. The molecule has 1 aromatic carbocycles. The summed E-state index contributed by atoms with van der Waals surface area (Å²) in [5.74, 6) is 2.61. The van der Waals surface area contributed by atoms with Crippen LogP contribution in [0.2, 0.25) is 5.02 Å². The van der Waals surface area contributed by atoms with Crippen molar-refractivity contribution in [3.05, 3.63) is 49.6 Å². The Kier molecular flexibility index (Phi) is 7.16. The standard InChI is InChI=1S/C17H15ClN4O4S/c1-3-4-26-16-12(18)5-10(6-13(16)25-2)9-19-22-15(24)8-11-7-14(23)21-17(27)20-11/h1,5-7,9H,4,8H2,2H3,(H,22,24)(H2,20,21,23,27)/b19-9-. The van der Waals surface area contributed by atoms with Crippen LogP contribution in [0.1, 0.15) is 11.3 Å². The number of amides is 1. The van der Waals surface area contributed by atoms with Gasteiger partial charge in [-0.05, 0) is 29.9 Å². The van der Waals surface area contributed by atoms with Gasteiger partial charge >= 0.3 is 0 Å². The van der Waals surface area contributed by atoms with E-state index in [1.807, 2.05) is 0 Å². The summed E-state index contributed by atoms with van der Waals surface area (Å²) in [5, 5.41) is 4.14. The molecule has 27 heavy (non-hydrogen) atoms. The topological polar surface area (TPSA) is 109 Å². The monoisotopic (exact) mass is 406 g/mol. The van der Waals surface area contributed by atoms with E-state index < -0.39 is 5.91 Å². The molecule has 0 aliphatic rings. The van der Waals surface area contributed by atoms with E-state index in [9.17, 15) is 9.59 Å². The maximum Gasteiger partial charge on any atom is 0.251 e. The Morgan fingerprint density at radius 1 is 1.44 bits per heavy atom. The molecule has 3 N–H and O–H groups in total. The van der Waals surface area contributed by atoms with Crippen molar-refractivity contribution in [2.24, 2.45) is 5.10 Å². The van der Waals surface area contributed by atoms with Crippen LogP contribution in [0.15, 0.2) is 28.1 Å². The molecule has 10 heteroatoms. The second kappa shape index (κ2) is 9.56. The van der Waals surface area contributed by atoms with Crippen LogP contribution in [0.5, 0.6) is 11.5 Å². The first kappa shape index (κ1) is 20.2. The molecule has 0 fully saturated rings. The van der Waals surface area contributed by atoms with E-state index in [2.05, 4.69) is 26.4 Å². The number of nitrogens with zero attached hydrogens (tertiary/aromatic N) is 1. The number of carbonyl (C=O) groups excluding carboxylic acids is 1. The molecule has 0 aliphatic carbocycles. The molecular formula is C17H15ClN4O4S. The Balaban J connectivity index is 2.06. The van der Waals surface area contributed by atoms with Gasteiger partial charge in [0.1, 0.15) is 6.61 Å². The van der Waals surface area contributed by atoms with Crippen LogP contribution in [0.4, 0.5) is 0 Å². The second-order valence-corrected chi connectivity index (χ2v) is 5.93. The summed E-state index contributed by atoms with van der Waals surface area (Å²) in [5.41, 5.74) is 2.90. The summed E-state index contributed by atoms with van der Waals surface area (Å²) >= 11 is 11.0. The van der Waals surface area contributed by atoms with Crippen molar-refractivity contribution in [2.45, 2.75) is 6.42 Å². The van der Waals surface area contributed by atoms with E-state index in [0.29, 0.717) is 22.8 Å². The fourth-order valence-corrected chi connectivity index (χ4v) is 2.58. The van der Waals surface area contributed by atoms with Gasteiger partial charge in [0.15, 0.2) is 16.3 Å². The lowest BCUT2D eigenvalue weighted by Gasteiger charge is -2.11.